The molecule has 0 radical (unpaired) electrons. The summed E-state index contributed by atoms with van der Waals surface area (Å²) in [5.41, 5.74) is 21.1. The van der Waals surface area contributed by atoms with Gasteiger partial charge in [0.1, 0.15) is 11.6 Å². The van der Waals surface area contributed by atoms with Crippen LogP contribution in [0.1, 0.15) is 40.7 Å². The highest BCUT2D eigenvalue weighted by molar-refractivity contribution is 5.87. The first kappa shape index (κ1) is 21.1. The van der Waals surface area contributed by atoms with E-state index < -0.39 is 5.97 Å². The number of carboxylic acids is 1. The van der Waals surface area contributed by atoms with Crippen LogP contribution in [0.15, 0.2) is 66.1 Å². The first-order valence-electron chi connectivity index (χ1n) is 9.87. The fourth-order valence-corrected chi connectivity index (χ4v) is 3.89. The lowest BCUT2D eigenvalue weighted by Crippen LogP contribution is -2.39. The van der Waals surface area contributed by atoms with E-state index >= 15 is 0 Å². The maximum Gasteiger partial charge on any atom is 0.335 e. The summed E-state index contributed by atoms with van der Waals surface area (Å²) in [6, 6.07) is 13.8. The van der Waals surface area contributed by atoms with Gasteiger partial charge in [0.05, 0.1) is 11.3 Å². The summed E-state index contributed by atoms with van der Waals surface area (Å²) >= 11 is 0. The molecule has 8 N–H and O–H groups in total. The molecule has 0 amide bonds. The highest BCUT2D eigenvalue weighted by atomic mass is 16.4. The Hall–Kier alpha value is -3.61. The number of rotatable bonds is 5. The largest absolute Gasteiger partial charge is 0.507 e. The van der Waals surface area contributed by atoms with Crippen LogP contribution in [-0.2, 0) is 0 Å². The molecule has 0 aromatic heterocycles. The Morgan fingerprint density at radius 3 is 2.37 bits per heavy atom. The molecule has 1 aliphatic rings. The van der Waals surface area contributed by atoms with Crippen molar-refractivity contribution in [1.82, 2.24) is 4.90 Å². The number of hydrogen-bond acceptors (Lipinski definition) is 6. The predicted molar refractivity (Wildman–Crippen MR) is 117 cm³/mol. The minimum atomic E-state index is -0.939. The van der Waals surface area contributed by atoms with Gasteiger partial charge in [-0.15, -0.1) is 0 Å². The number of phenolic OH excluding ortho intramolecular Hbond substituents is 1. The van der Waals surface area contributed by atoms with E-state index in [0.717, 1.165) is 18.5 Å². The van der Waals surface area contributed by atoms with Gasteiger partial charge >= 0.3 is 5.97 Å². The van der Waals surface area contributed by atoms with Crippen LogP contribution in [0.5, 0.6) is 5.75 Å². The predicted octanol–water partition coefficient (Wildman–Crippen LogP) is 2.60. The Kier molecular flexibility index (Phi) is 6.20. The molecule has 2 aromatic carbocycles. The summed E-state index contributed by atoms with van der Waals surface area (Å²) in [7, 11) is 0. The Morgan fingerprint density at radius 1 is 1.10 bits per heavy atom. The number of nitrogens with two attached hydrogens (primary N) is 3. The minimum absolute atomic E-state index is 0.0878. The SMILES string of the molecule is CC1CCN(C(/C=C(\N)c2ccccc2O)=C(N)N)CC1c1ccc(C(=O)O)cc1. The van der Waals surface area contributed by atoms with E-state index in [1.807, 2.05) is 12.1 Å². The number of aromatic carboxylic acids is 1. The van der Waals surface area contributed by atoms with Crippen LogP contribution >= 0.6 is 0 Å². The molecule has 0 aliphatic carbocycles. The number of para-hydroxylation sites is 1. The van der Waals surface area contributed by atoms with Crippen LogP contribution in [0.2, 0.25) is 0 Å². The number of likely N-dealkylation sites (tertiary alicyclic amines) is 1. The lowest BCUT2D eigenvalue weighted by atomic mass is 9.81. The van der Waals surface area contributed by atoms with Gasteiger partial charge in [-0.3, -0.25) is 0 Å². The van der Waals surface area contributed by atoms with Crippen molar-refractivity contribution in [2.75, 3.05) is 13.1 Å². The highest BCUT2D eigenvalue weighted by Gasteiger charge is 2.29. The van der Waals surface area contributed by atoms with Crippen molar-refractivity contribution in [3.63, 3.8) is 0 Å². The Labute approximate surface area is 176 Å². The Balaban J connectivity index is 1.87. The molecule has 1 heterocycles. The third-order valence-corrected chi connectivity index (χ3v) is 5.69. The highest BCUT2D eigenvalue weighted by Crippen LogP contribution is 2.34. The van der Waals surface area contributed by atoms with Crippen LogP contribution in [0, 0.1) is 5.92 Å². The van der Waals surface area contributed by atoms with Crippen molar-refractivity contribution in [2.24, 2.45) is 23.1 Å². The number of carboxylic acid groups (broad SMARTS) is 1. The molecule has 0 spiro atoms. The standard InChI is InChI=1S/C23H28N4O3/c1-14-10-11-27(13-18(14)15-6-8-16(9-7-15)23(29)30)20(22(25)26)12-19(24)17-4-2-3-5-21(17)28/h2-9,12,14,18,28H,10-11,13,24-26H2,1H3,(H,29,30)/b19-12-. The van der Waals surface area contributed by atoms with Crippen molar-refractivity contribution in [3.8, 4) is 5.75 Å². The molecule has 2 unspecified atom stereocenters. The van der Waals surface area contributed by atoms with E-state index in [-0.39, 0.29) is 23.1 Å². The summed E-state index contributed by atoms with van der Waals surface area (Å²) in [5, 5.41) is 19.2. The number of hydrogen-bond donors (Lipinski definition) is 5. The second-order valence-electron chi connectivity index (χ2n) is 7.70. The number of aromatic hydroxyl groups is 1. The number of allylic oxidation sites excluding steroid dienone is 1. The summed E-state index contributed by atoms with van der Waals surface area (Å²) in [4.78, 5) is 13.2. The average molecular weight is 409 g/mol. The normalized spacial score (nSPS) is 19.4. The van der Waals surface area contributed by atoms with E-state index in [1.54, 1.807) is 42.5 Å². The minimum Gasteiger partial charge on any atom is -0.507 e. The molecule has 7 nitrogen and oxygen atoms in total. The maximum atomic E-state index is 11.1. The van der Waals surface area contributed by atoms with Gasteiger partial charge in [0.15, 0.2) is 0 Å². The molecule has 2 atom stereocenters. The summed E-state index contributed by atoms with van der Waals surface area (Å²) in [5.74, 6) is -0.0918. The zero-order valence-corrected chi connectivity index (χ0v) is 17.0. The van der Waals surface area contributed by atoms with Gasteiger partial charge < -0.3 is 32.3 Å². The molecule has 2 aromatic rings. The zero-order valence-electron chi connectivity index (χ0n) is 17.0. The van der Waals surface area contributed by atoms with Crippen molar-refractivity contribution in [1.29, 1.82) is 0 Å². The fourth-order valence-electron chi connectivity index (χ4n) is 3.89. The van der Waals surface area contributed by atoms with Crippen molar-refractivity contribution >= 4 is 11.7 Å². The number of phenols is 1. The summed E-state index contributed by atoms with van der Waals surface area (Å²) in [6.07, 6.45) is 2.62. The molecular weight excluding hydrogens is 380 g/mol. The van der Waals surface area contributed by atoms with E-state index in [2.05, 4.69) is 11.8 Å². The molecule has 1 saturated heterocycles. The van der Waals surface area contributed by atoms with Crippen LogP contribution in [0.3, 0.4) is 0 Å². The molecule has 1 aliphatic heterocycles. The first-order valence-corrected chi connectivity index (χ1v) is 9.87. The fraction of sp³-hybridized carbons (Fsp3) is 0.261. The van der Waals surface area contributed by atoms with Crippen molar-refractivity contribution in [2.45, 2.75) is 19.3 Å². The molecule has 0 saturated carbocycles. The number of benzene rings is 2. The topological polar surface area (TPSA) is 139 Å². The number of carbonyl (C=O) groups is 1. The van der Waals surface area contributed by atoms with E-state index in [0.29, 0.717) is 29.4 Å². The van der Waals surface area contributed by atoms with E-state index in [9.17, 15) is 9.90 Å². The van der Waals surface area contributed by atoms with Gasteiger partial charge in [0, 0.05) is 30.3 Å². The van der Waals surface area contributed by atoms with E-state index in [4.69, 9.17) is 22.3 Å². The van der Waals surface area contributed by atoms with Crippen molar-refractivity contribution in [3.05, 3.63) is 82.8 Å². The number of nitrogens with zero attached hydrogens (tertiary/aromatic N) is 1. The van der Waals surface area contributed by atoms with Gasteiger partial charge in [-0.05, 0) is 48.2 Å². The van der Waals surface area contributed by atoms with E-state index in [1.165, 1.54) is 0 Å². The third kappa shape index (κ3) is 4.51. The third-order valence-electron chi connectivity index (χ3n) is 5.69. The summed E-state index contributed by atoms with van der Waals surface area (Å²) < 4.78 is 0. The first-order chi connectivity index (χ1) is 14.3. The lowest BCUT2D eigenvalue weighted by molar-refractivity contribution is 0.0697. The van der Waals surface area contributed by atoms with Gasteiger partial charge in [-0.2, -0.15) is 0 Å². The maximum absolute atomic E-state index is 11.1. The lowest BCUT2D eigenvalue weighted by Gasteiger charge is -2.39. The zero-order chi connectivity index (χ0) is 21.8. The Bertz CT molecular complexity index is 978. The second kappa shape index (κ2) is 8.82. The second-order valence-corrected chi connectivity index (χ2v) is 7.70. The molecule has 7 heteroatoms. The molecular formula is C23H28N4O3. The van der Waals surface area contributed by atoms with Crippen LogP contribution in [0.25, 0.3) is 5.70 Å². The quantitative estimate of drug-likeness (QED) is 0.479. The average Bonchev–Trinajstić information content (AvgIpc) is 2.72. The molecule has 1 fully saturated rings. The van der Waals surface area contributed by atoms with Crippen LogP contribution in [-0.4, -0.2) is 34.2 Å². The molecule has 3 rings (SSSR count). The van der Waals surface area contributed by atoms with Crippen molar-refractivity contribution < 1.29 is 15.0 Å². The van der Waals surface area contributed by atoms with Crippen LogP contribution in [0.4, 0.5) is 0 Å². The smallest absolute Gasteiger partial charge is 0.335 e. The van der Waals surface area contributed by atoms with Gasteiger partial charge in [0.25, 0.3) is 0 Å². The van der Waals surface area contributed by atoms with Gasteiger partial charge in [-0.25, -0.2) is 4.79 Å². The van der Waals surface area contributed by atoms with Gasteiger partial charge in [-0.1, -0.05) is 31.2 Å². The molecule has 30 heavy (non-hydrogen) atoms. The van der Waals surface area contributed by atoms with Gasteiger partial charge in [0.2, 0.25) is 0 Å². The van der Waals surface area contributed by atoms with Crippen LogP contribution < -0.4 is 17.2 Å². The molecule has 0 bridgehead atoms. The summed E-state index contributed by atoms with van der Waals surface area (Å²) in [6.45, 7) is 3.63. The Morgan fingerprint density at radius 2 is 1.77 bits per heavy atom. The monoisotopic (exact) mass is 408 g/mol. The number of piperidine rings is 1. The molecule has 158 valence electrons.